The van der Waals surface area contributed by atoms with Gasteiger partial charge < -0.3 is 10.1 Å². The fraction of sp³-hybridized carbons (Fsp3) is 0.200. The maximum absolute atomic E-state index is 12.1. The first-order valence-electron chi connectivity index (χ1n) is 9.73. The van der Waals surface area contributed by atoms with Gasteiger partial charge in [0, 0.05) is 36.3 Å². The minimum absolute atomic E-state index is 0.0713. The summed E-state index contributed by atoms with van der Waals surface area (Å²) in [7, 11) is 0. The largest absolute Gasteiger partial charge is 0.449 e. The van der Waals surface area contributed by atoms with E-state index in [1.54, 1.807) is 6.20 Å². The molecule has 4 rings (SSSR count). The molecule has 4 nitrogen and oxygen atoms in total. The van der Waals surface area contributed by atoms with Crippen molar-refractivity contribution in [1.29, 1.82) is 0 Å². The van der Waals surface area contributed by atoms with Crippen LogP contribution in [0.2, 0.25) is 0 Å². The van der Waals surface area contributed by atoms with Gasteiger partial charge in [0.1, 0.15) is 6.61 Å². The molecule has 1 aromatic heterocycles. The topological polar surface area (TPSA) is 51.2 Å². The number of pyridine rings is 1. The van der Waals surface area contributed by atoms with Crippen LogP contribution in [0.25, 0.3) is 11.1 Å². The first-order chi connectivity index (χ1) is 14.2. The smallest absolute Gasteiger partial charge is 0.407 e. The number of fused-ring (bicyclic) bond motifs is 3. The third-order valence-corrected chi connectivity index (χ3v) is 5.01. The highest BCUT2D eigenvalue weighted by molar-refractivity contribution is 5.79. The Morgan fingerprint density at radius 3 is 2.38 bits per heavy atom. The van der Waals surface area contributed by atoms with E-state index in [9.17, 15) is 4.79 Å². The number of rotatable bonds is 4. The lowest BCUT2D eigenvalue weighted by molar-refractivity contribution is 0.143. The predicted molar refractivity (Wildman–Crippen MR) is 114 cm³/mol. The number of benzene rings is 2. The van der Waals surface area contributed by atoms with E-state index < -0.39 is 6.09 Å². The molecule has 1 heterocycles. The summed E-state index contributed by atoms with van der Waals surface area (Å²) in [6, 6.07) is 20.5. The van der Waals surface area contributed by atoms with Crippen LogP contribution in [0.15, 0.2) is 66.9 Å². The highest BCUT2D eigenvalue weighted by atomic mass is 16.5. The molecule has 1 aliphatic rings. The number of aryl methyl sites for hydroxylation is 1. The molecule has 0 atom stereocenters. The van der Waals surface area contributed by atoms with Crippen molar-refractivity contribution in [2.45, 2.75) is 19.3 Å². The van der Waals surface area contributed by atoms with Gasteiger partial charge >= 0.3 is 6.09 Å². The highest BCUT2D eigenvalue weighted by Gasteiger charge is 2.28. The zero-order chi connectivity index (χ0) is 20.1. The second-order valence-electron chi connectivity index (χ2n) is 6.99. The molecule has 144 valence electrons. The zero-order valence-corrected chi connectivity index (χ0v) is 16.3. The number of aromatic nitrogens is 1. The summed E-state index contributed by atoms with van der Waals surface area (Å²) >= 11 is 0. The predicted octanol–water partition coefficient (Wildman–Crippen LogP) is 4.67. The Morgan fingerprint density at radius 1 is 1.03 bits per heavy atom. The van der Waals surface area contributed by atoms with Crippen molar-refractivity contribution in [1.82, 2.24) is 10.3 Å². The maximum Gasteiger partial charge on any atom is 0.407 e. The Balaban J connectivity index is 1.29. The molecule has 2 aromatic carbocycles. The van der Waals surface area contributed by atoms with E-state index in [4.69, 9.17) is 4.74 Å². The summed E-state index contributed by atoms with van der Waals surface area (Å²) in [5.41, 5.74) is 6.69. The van der Waals surface area contributed by atoms with Crippen LogP contribution >= 0.6 is 0 Å². The molecule has 1 amide bonds. The number of amides is 1. The van der Waals surface area contributed by atoms with Gasteiger partial charge in [-0.25, -0.2) is 4.79 Å². The van der Waals surface area contributed by atoms with Crippen LogP contribution in [-0.4, -0.2) is 24.2 Å². The van der Waals surface area contributed by atoms with Crippen molar-refractivity contribution in [3.05, 3.63) is 89.2 Å². The molecule has 0 saturated carbocycles. The molecule has 0 unspecified atom stereocenters. The number of hydrogen-bond acceptors (Lipinski definition) is 3. The zero-order valence-electron chi connectivity index (χ0n) is 16.3. The normalized spacial score (nSPS) is 11.8. The van der Waals surface area contributed by atoms with Crippen LogP contribution < -0.4 is 5.32 Å². The number of carbonyl (C=O) groups excluding carboxylic acids is 1. The van der Waals surface area contributed by atoms with Crippen molar-refractivity contribution in [3.63, 3.8) is 0 Å². The lowest BCUT2D eigenvalue weighted by Gasteiger charge is -2.14. The molecular formula is C25H22N2O2. The lowest BCUT2D eigenvalue weighted by atomic mass is 9.98. The molecule has 0 radical (unpaired) electrons. The summed E-state index contributed by atoms with van der Waals surface area (Å²) in [6.45, 7) is 2.71. The third-order valence-electron chi connectivity index (χ3n) is 5.01. The van der Waals surface area contributed by atoms with Gasteiger partial charge in [-0.15, -0.1) is 0 Å². The number of alkyl carbamates (subject to hydrolysis) is 1. The first-order valence-corrected chi connectivity index (χ1v) is 9.73. The van der Waals surface area contributed by atoms with Gasteiger partial charge in [-0.1, -0.05) is 60.4 Å². The number of hydrogen-bond donors (Lipinski definition) is 1. The molecule has 1 aliphatic carbocycles. The molecule has 0 spiro atoms. The summed E-state index contributed by atoms with van der Waals surface area (Å²) in [5, 5.41) is 2.77. The summed E-state index contributed by atoms with van der Waals surface area (Å²) in [4.78, 5) is 16.3. The second-order valence-corrected chi connectivity index (χ2v) is 6.99. The van der Waals surface area contributed by atoms with Crippen molar-refractivity contribution in [3.8, 4) is 23.0 Å². The third kappa shape index (κ3) is 4.30. The van der Waals surface area contributed by atoms with Crippen molar-refractivity contribution in [2.75, 3.05) is 13.2 Å². The van der Waals surface area contributed by atoms with E-state index in [0.29, 0.717) is 19.6 Å². The van der Waals surface area contributed by atoms with Crippen molar-refractivity contribution >= 4 is 6.09 Å². The van der Waals surface area contributed by atoms with E-state index in [1.807, 2.05) is 43.3 Å². The second kappa shape index (κ2) is 8.62. The van der Waals surface area contributed by atoms with Gasteiger partial charge in [0.2, 0.25) is 0 Å². The standard InChI is InChI=1S/C25H22N2O2/c1-18-13-14-19(16-27-18)8-6-7-15-26-25(28)29-17-24-22-11-4-2-9-20(22)21-10-3-5-12-23(21)24/h2-5,9-14,16,24H,7,15,17H2,1H3,(H,26,28). The molecule has 3 aromatic rings. The lowest BCUT2D eigenvalue weighted by Crippen LogP contribution is -2.26. The van der Waals surface area contributed by atoms with Gasteiger partial charge in [-0.05, 0) is 41.3 Å². The van der Waals surface area contributed by atoms with E-state index in [2.05, 4.69) is 46.4 Å². The average molecular weight is 382 g/mol. The maximum atomic E-state index is 12.1. The van der Waals surface area contributed by atoms with Crippen LogP contribution in [-0.2, 0) is 4.74 Å². The van der Waals surface area contributed by atoms with Gasteiger partial charge in [-0.3, -0.25) is 4.98 Å². The Morgan fingerprint density at radius 2 is 1.72 bits per heavy atom. The molecule has 0 aliphatic heterocycles. The Hall–Kier alpha value is -3.58. The number of ether oxygens (including phenoxy) is 1. The number of carbonyl (C=O) groups is 1. The van der Waals surface area contributed by atoms with Gasteiger partial charge in [0.15, 0.2) is 0 Å². The number of nitrogens with one attached hydrogen (secondary N) is 1. The van der Waals surface area contributed by atoms with E-state index >= 15 is 0 Å². The average Bonchev–Trinajstić information content (AvgIpc) is 3.07. The summed E-state index contributed by atoms with van der Waals surface area (Å²) in [6.07, 6.45) is 1.89. The van der Waals surface area contributed by atoms with Crippen LogP contribution in [0.1, 0.15) is 34.7 Å². The molecule has 29 heavy (non-hydrogen) atoms. The molecule has 1 N–H and O–H groups in total. The Labute approximate surface area is 171 Å². The molecular weight excluding hydrogens is 360 g/mol. The first kappa shape index (κ1) is 18.8. The van der Waals surface area contributed by atoms with Gasteiger partial charge in [-0.2, -0.15) is 0 Å². The Kier molecular flexibility index (Phi) is 5.58. The minimum atomic E-state index is -0.411. The van der Waals surface area contributed by atoms with Gasteiger partial charge in [0.25, 0.3) is 0 Å². The van der Waals surface area contributed by atoms with Crippen molar-refractivity contribution < 1.29 is 9.53 Å². The van der Waals surface area contributed by atoms with E-state index in [1.165, 1.54) is 22.3 Å². The fourth-order valence-corrected chi connectivity index (χ4v) is 3.58. The molecule has 0 bridgehead atoms. The minimum Gasteiger partial charge on any atom is -0.449 e. The fourth-order valence-electron chi connectivity index (χ4n) is 3.58. The molecule has 4 heteroatoms. The van der Waals surface area contributed by atoms with Crippen LogP contribution in [0, 0.1) is 18.8 Å². The number of nitrogens with zero attached hydrogens (tertiary/aromatic N) is 1. The van der Waals surface area contributed by atoms with Crippen LogP contribution in [0.5, 0.6) is 0 Å². The van der Waals surface area contributed by atoms with Crippen LogP contribution in [0.3, 0.4) is 0 Å². The summed E-state index contributed by atoms with van der Waals surface area (Å²) < 4.78 is 5.51. The van der Waals surface area contributed by atoms with Crippen molar-refractivity contribution in [2.24, 2.45) is 0 Å². The monoisotopic (exact) mass is 382 g/mol. The van der Waals surface area contributed by atoms with E-state index in [-0.39, 0.29) is 5.92 Å². The SMILES string of the molecule is Cc1ccc(C#CCCNC(=O)OCC2c3ccccc3-c3ccccc32)cn1. The van der Waals surface area contributed by atoms with E-state index in [0.717, 1.165) is 11.3 Å². The highest BCUT2D eigenvalue weighted by Crippen LogP contribution is 2.44. The van der Waals surface area contributed by atoms with Gasteiger partial charge in [0.05, 0.1) is 0 Å². The summed E-state index contributed by atoms with van der Waals surface area (Å²) in [5.74, 6) is 6.15. The quantitative estimate of drug-likeness (QED) is 0.527. The Bertz CT molecular complexity index is 1030. The van der Waals surface area contributed by atoms with Crippen LogP contribution in [0.4, 0.5) is 4.79 Å². The molecule has 0 fully saturated rings. The molecule has 0 saturated heterocycles.